The quantitative estimate of drug-likeness (QED) is 0.629. The molecule has 0 aromatic carbocycles. The summed E-state index contributed by atoms with van der Waals surface area (Å²) in [5.74, 6) is -0.591. The third-order valence-electron chi connectivity index (χ3n) is 1.81. The lowest BCUT2D eigenvalue weighted by atomic mass is 9.97. The fraction of sp³-hybridized carbons (Fsp3) is 0. The van der Waals surface area contributed by atoms with Gasteiger partial charge in [-0.15, -0.1) is 0 Å². The smallest absolute Gasteiger partial charge is 0.205 e. The van der Waals surface area contributed by atoms with Crippen LogP contribution in [0.2, 0.25) is 0 Å². The maximum absolute atomic E-state index is 11.4. The van der Waals surface area contributed by atoms with Crippen LogP contribution >= 0.6 is 11.6 Å². The van der Waals surface area contributed by atoms with E-state index in [0.29, 0.717) is 11.1 Å². The van der Waals surface area contributed by atoms with Crippen LogP contribution in [0.1, 0.15) is 20.7 Å². The van der Waals surface area contributed by atoms with Gasteiger partial charge in [0.15, 0.2) is 5.78 Å². The SMILES string of the molecule is O=C1C=C(Cl)C(=O)c2ccncc21. The largest absolute Gasteiger partial charge is 0.289 e. The molecule has 0 spiro atoms. The van der Waals surface area contributed by atoms with Gasteiger partial charge < -0.3 is 0 Å². The highest BCUT2D eigenvalue weighted by Gasteiger charge is 2.23. The van der Waals surface area contributed by atoms with Crippen LogP contribution in [0.5, 0.6) is 0 Å². The summed E-state index contributed by atoms with van der Waals surface area (Å²) in [6.07, 6.45) is 3.95. The third kappa shape index (κ3) is 1.17. The minimum atomic E-state index is -0.321. The van der Waals surface area contributed by atoms with E-state index in [1.807, 2.05) is 0 Å². The number of allylic oxidation sites excluding steroid dienone is 2. The Balaban J connectivity index is 2.69. The highest BCUT2D eigenvalue weighted by atomic mass is 35.5. The predicted octanol–water partition coefficient (Wildman–Crippen LogP) is 1.58. The van der Waals surface area contributed by atoms with Crippen LogP contribution in [0.15, 0.2) is 29.6 Å². The van der Waals surface area contributed by atoms with Gasteiger partial charge in [-0.3, -0.25) is 14.6 Å². The van der Waals surface area contributed by atoms with Crippen molar-refractivity contribution in [3.63, 3.8) is 0 Å². The number of halogens is 1. The Labute approximate surface area is 79.0 Å². The number of rotatable bonds is 0. The maximum Gasteiger partial charge on any atom is 0.205 e. The molecule has 0 bridgehead atoms. The van der Waals surface area contributed by atoms with Gasteiger partial charge in [-0.2, -0.15) is 0 Å². The predicted molar refractivity (Wildman–Crippen MR) is 46.8 cm³/mol. The van der Waals surface area contributed by atoms with Crippen molar-refractivity contribution >= 4 is 23.2 Å². The van der Waals surface area contributed by atoms with Crippen molar-refractivity contribution in [3.05, 3.63) is 40.7 Å². The molecule has 2 rings (SSSR count). The molecule has 1 aliphatic carbocycles. The van der Waals surface area contributed by atoms with E-state index in [0.717, 1.165) is 6.08 Å². The number of carbonyl (C=O) groups excluding carboxylic acids is 2. The summed E-state index contributed by atoms with van der Waals surface area (Å²) in [7, 11) is 0. The molecule has 0 N–H and O–H groups in total. The summed E-state index contributed by atoms with van der Waals surface area (Å²) in [6.45, 7) is 0. The van der Waals surface area contributed by atoms with E-state index in [4.69, 9.17) is 11.6 Å². The number of hydrogen-bond acceptors (Lipinski definition) is 3. The molecule has 1 aromatic rings. The number of Topliss-reactive ketones (excluding diaryl/α,β-unsaturated/α-hetero) is 1. The highest BCUT2D eigenvalue weighted by Crippen LogP contribution is 2.21. The van der Waals surface area contributed by atoms with Gasteiger partial charge in [0, 0.05) is 24.0 Å². The zero-order valence-corrected chi connectivity index (χ0v) is 7.21. The van der Waals surface area contributed by atoms with Crippen LogP contribution in [0.3, 0.4) is 0 Å². The Morgan fingerprint density at radius 3 is 2.77 bits per heavy atom. The number of aromatic nitrogens is 1. The summed E-state index contributed by atoms with van der Waals surface area (Å²) in [6, 6.07) is 1.49. The molecular weight excluding hydrogens is 190 g/mol. The molecule has 3 nitrogen and oxygen atoms in total. The van der Waals surface area contributed by atoms with Gasteiger partial charge in [-0.1, -0.05) is 11.6 Å². The molecule has 0 fully saturated rings. The van der Waals surface area contributed by atoms with Crippen molar-refractivity contribution in [1.82, 2.24) is 4.98 Å². The Morgan fingerprint density at radius 1 is 1.23 bits per heavy atom. The van der Waals surface area contributed by atoms with E-state index in [9.17, 15) is 9.59 Å². The Kier molecular flexibility index (Phi) is 1.74. The average molecular weight is 194 g/mol. The summed E-state index contributed by atoms with van der Waals surface area (Å²) >= 11 is 5.56. The van der Waals surface area contributed by atoms with Crippen LogP contribution < -0.4 is 0 Å². The highest BCUT2D eigenvalue weighted by molar-refractivity contribution is 6.48. The standard InChI is InChI=1S/C9H4ClNO2/c10-7-3-8(12)6-4-11-2-1-5(6)9(7)13/h1-4H. The van der Waals surface area contributed by atoms with E-state index in [2.05, 4.69) is 4.98 Å². The third-order valence-corrected chi connectivity index (χ3v) is 2.09. The molecule has 0 atom stereocenters. The number of hydrogen-bond donors (Lipinski definition) is 0. The molecule has 1 aliphatic rings. The number of pyridine rings is 1. The topological polar surface area (TPSA) is 47.0 Å². The van der Waals surface area contributed by atoms with Crippen molar-refractivity contribution in [3.8, 4) is 0 Å². The number of nitrogens with zero attached hydrogens (tertiary/aromatic N) is 1. The number of ketones is 2. The van der Waals surface area contributed by atoms with Gasteiger partial charge >= 0.3 is 0 Å². The van der Waals surface area contributed by atoms with Gasteiger partial charge in [-0.25, -0.2) is 0 Å². The van der Waals surface area contributed by atoms with Crippen LogP contribution in [-0.4, -0.2) is 16.6 Å². The lowest BCUT2D eigenvalue weighted by Crippen LogP contribution is -2.14. The fourth-order valence-corrected chi connectivity index (χ4v) is 1.38. The molecular formula is C9H4ClNO2. The molecule has 0 radical (unpaired) electrons. The second kappa shape index (κ2) is 2.78. The van der Waals surface area contributed by atoms with Crippen molar-refractivity contribution < 1.29 is 9.59 Å². The van der Waals surface area contributed by atoms with Crippen molar-refractivity contribution in [2.75, 3.05) is 0 Å². The zero-order chi connectivity index (χ0) is 9.42. The van der Waals surface area contributed by atoms with Crippen molar-refractivity contribution in [2.24, 2.45) is 0 Å². The molecule has 0 saturated carbocycles. The number of carbonyl (C=O) groups is 2. The van der Waals surface area contributed by atoms with Gasteiger partial charge in [0.1, 0.15) is 0 Å². The van der Waals surface area contributed by atoms with Crippen LogP contribution in [-0.2, 0) is 0 Å². The lowest BCUT2D eigenvalue weighted by molar-refractivity contribution is 0.0990. The minimum Gasteiger partial charge on any atom is -0.289 e. The first-order chi connectivity index (χ1) is 6.20. The monoisotopic (exact) mass is 193 g/mol. The van der Waals surface area contributed by atoms with Gasteiger partial charge in [0.05, 0.1) is 10.6 Å². The zero-order valence-electron chi connectivity index (χ0n) is 6.45. The van der Waals surface area contributed by atoms with E-state index >= 15 is 0 Å². The fourth-order valence-electron chi connectivity index (χ4n) is 1.18. The molecule has 1 heterocycles. The molecule has 13 heavy (non-hydrogen) atoms. The van der Waals surface area contributed by atoms with Crippen LogP contribution in [0, 0.1) is 0 Å². The first-order valence-electron chi connectivity index (χ1n) is 3.60. The van der Waals surface area contributed by atoms with E-state index in [1.165, 1.54) is 18.5 Å². The van der Waals surface area contributed by atoms with E-state index in [-0.39, 0.29) is 16.6 Å². The maximum atomic E-state index is 11.4. The van der Waals surface area contributed by atoms with E-state index in [1.54, 1.807) is 0 Å². The van der Waals surface area contributed by atoms with Gasteiger partial charge in [0.25, 0.3) is 0 Å². The molecule has 0 saturated heterocycles. The van der Waals surface area contributed by atoms with Gasteiger partial charge in [-0.05, 0) is 6.07 Å². The molecule has 0 aliphatic heterocycles. The van der Waals surface area contributed by atoms with E-state index < -0.39 is 0 Å². The molecule has 1 aromatic heterocycles. The summed E-state index contributed by atoms with van der Waals surface area (Å²) in [4.78, 5) is 26.4. The molecule has 4 heteroatoms. The Hall–Kier alpha value is -1.48. The second-order valence-corrected chi connectivity index (χ2v) is 3.01. The minimum absolute atomic E-state index is 0.0382. The first-order valence-corrected chi connectivity index (χ1v) is 3.98. The first kappa shape index (κ1) is 8.13. The number of fused-ring (bicyclic) bond motifs is 1. The van der Waals surface area contributed by atoms with Crippen molar-refractivity contribution in [1.29, 1.82) is 0 Å². The van der Waals surface area contributed by atoms with Crippen LogP contribution in [0.4, 0.5) is 0 Å². The van der Waals surface area contributed by atoms with Gasteiger partial charge in [0.2, 0.25) is 5.78 Å². The summed E-state index contributed by atoms with van der Waals surface area (Å²) in [5.41, 5.74) is 0.643. The van der Waals surface area contributed by atoms with Crippen molar-refractivity contribution in [2.45, 2.75) is 0 Å². The normalized spacial score (nSPS) is 15.3. The Bertz CT molecular complexity index is 437. The molecule has 64 valence electrons. The lowest BCUT2D eigenvalue weighted by Gasteiger charge is -2.09. The Morgan fingerprint density at radius 2 is 2.00 bits per heavy atom. The molecule has 0 unspecified atom stereocenters. The van der Waals surface area contributed by atoms with Crippen LogP contribution in [0.25, 0.3) is 0 Å². The average Bonchev–Trinajstić information content (AvgIpc) is 2.15. The second-order valence-electron chi connectivity index (χ2n) is 2.61. The summed E-state index contributed by atoms with van der Waals surface area (Å²) < 4.78 is 0. The summed E-state index contributed by atoms with van der Waals surface area (Å²) in [5, 5.41) is -0.0382. The molecule has 0 amide bonds.